The van der Waals surface area contributed by atoms with Crippen LogP contribution in [-0.4, -0.2) is 42.5 Å². The molecule has 38 heavy (non-hydrogen) atoms. The summed E-state index contributed by atoms with van der Waals surface area (Å²) < 4.78 is 77.9. The van der Waals surface area contributed by atoms with E-state index in [-0.39, 0.29) is 95.8 Å². The Morgan fingerprint density at radius 1 is 0.789 bits per heavy atom. The quantitative estimate of drug-likeness (QED) is 0.101. The number of benzene rings is 3. The molecule has 192 valence electrons. The summed E-state index contributed by atoms with van der Waals surface area (Å²) in [7, 11) is -10.1. The molecule has 0 aromatic heterocycles. The molecule has 1 unspecified atom stereocenters. The molecule has 4 rings (SSSR count). The summed E-state index contributed by atoms with van der Waals surface area (Å²) in [5.74, 6) is -1.72. The van der Waals surface area contributed by atoms with E-state index in [0.29, 0.717) is 8.95 Å². The topological polar surface area (TPSA) is 192 Å². The molecule has 0 amide bonds. The van der Waals surface area contributed by atoms with Crippen molar-refractivity contribution in [3.05, 3.63) is 82.6 Å². The molecule has 0 bridgehead atoms. The molecule has 0 aliphatic carbocycles. The van der Waals surface area contributed by atoms with E-state index in [0.717, 1.165) is 24.3 Å². The number of phenols is 1. The molecule has 0 fully saturated rings. The predicted octanol–water partition coefficient (Wildman–Crippen LogP) is -2.10. The number of carbonyl (C=O) groups is 1. The Hall–Kier alpha value is 0.630. The second kappa shape index (κ2) is 12.9. The van der Waals surface area contributed by atoms with Crippen molar-refractivity contribution in [3.8, 4) is 5.75 Å². The van der Waals surface area contributed by atoms with Crippen LogP contribution in [0.25, 0.3) is 0 Å². The maximum atomic E-state index is 13.2. The van der Waals surface area contributed by atoms with E-state index in [2.05, 4.69) is 63.7 Å². The molecule has 1 aliphatic heterocycles. The van der Waals surface area contributed by atoms with Gasteiger partial charge in [0.05, 0.1) is 15.4 Å². The number of carbonyl (C=O) groups excluding carboxylic acids is 1. The van der Waals surface area contributed by atoms with Crippen molar-refractivity contribution in [1.82, 2.24) is 0 Å². The van der Waals surface area contributed by atoms with Crippen LogP contribution in [0.1, 0.15) is 27.0 Å². The van der Waals surface area contributed by atoms with Gasteiger partial charge in [0.25, 0.3) is 0 Å². The van der Waals surface area contributed by atoms with Crippen LogP contribution in [0.3, 0.4) is 0 Å². The Labute approximate surface area is 294 Å². The molecule has 18 heteroatoms. The first-order valence-corrected chi connectivity index (χ1v) is 15.0. The van der Waals surface area contributed by atoms with Crippen LogP contribution in [-0.2, 0) is 30.6 Å². The minimum absolute atomic E-state index is 0. The van der Waals surface area contributed by atoms with Crippen molar-refractivity contribution in [3.63, 3.8) is 0 Å². The number of ether oxygens (including phenoxy) is 1. The molecule has 0 radical (unpaired) electrons. The average molecular weight is 840 g/mol. The van der Waals surface area contributed by atoms with Gasteiger partial charge in [0, 0.05) is 34.6 Å². The van der Waals surface area contributed by atoms with Crippen LogP contribution >= 0.6 is 63.7 Å². The van der Waals surface area contributed by atoms with Crippen LogP contribution in [0.4, 0.5) is 0 Å². The van der Waals surface area contributed by atoms with E-state index in [1.54, 1.807) is 0 Å². The number of phenolic OH excluding ortho intramolecular Hbond substituents is 1. The van der Waals surface area contributed by atoms with Crippen molar-refractivity contribution < 1.29 is 105 Å². The molecule has 3 aromatic carbocycles. The molecule has 0 saturated carbocycles. The van der Waals surface area contributed by atoms with Gasteiger partial charge in [-0.1, -0.05) is 18.2 Å². The van der Waals surface area contributed by atoms with Crippen molar-refractivity contribution in [1.29, 1.82) is 0 Å². The number of halogens is 4. The molecule has 10 nitrogen and oxygen atoms in total. The van der Waals surface area contributed by atoms with Gasteiger partial charge in [0.1, 0.15) is 26.0 Å². The summed E-state index contributed by atoms with van der Waals surface area (Å²) in [5.41, 5.74) is -2.07. The summed E-state index contributed by atoms with van der Waals surface area (Å²) in [6.45, 7) is 0. The first-order valence-electron chi connectivity index (χ1n) is 9.06. The van der Waals surface area contributed by atoms with Crippen molar-refractivity contribution in [2.75, 3.05) is 0 Å². The third-order valence-electron chi connectivity index (χ3n) is 5.23. The zero-order valence-corrected chi connectivity index (χ0v) is 31.1. The molecule has 3 aromatic rings. The van der Waals surface area contributed by atoms with Crippen molar-refractivity contribution in [2.24, 2.45) is 0 Å². The normalized spacial score (nSPS) is 16.4. The number of rotatable bonds is 4. The van der Waals surface area contributed by atoms with Crippen molar-refractivity contribution in [2.45, 2.75) is 15.4 Å². The predicted molar refractivity (Wildman–Crippen MR) is 137 cm³/mol. The number of fused-ring (bicyclic) bond motifs is 1. The Morgan fingerprint density at radius 3 is 1.89 bits per heavy atom. The van der Waals surface area contributed by atoms with Gasteiger partial charge >= 0.3 is 65.1 Å². The van der Waals surface area contributed by atoms with Gasteiger partial charge in [-0.25, -0.2) is 21.6 Å². The smallest absolute Gasteiger partial charge is 0.744 e. The number of hydrogen-bond acceptors (Lipinski definition) is 9. The Balaban J connectivity index is 0.00000241. The van der Waals surface area contributed by atoms with Gasteiger partial charge in [0.15, 0.2) is 5.60 Å². The summed E-state index contributed by atoms with van der Waals surface area (Å²) in [4.78, 5) is 11.6. The van der Waals surface area contributed by atoms with Crippen LogP contribution in [0, 0.1) is 0 Å². The van der Waals surface area contributed by atoms with Crippen LogP contribution in [0.5, 0.6) is 5.75 Å². The maximum Gasteiger partial charge on any atom is 1.00 e. The number of esters is 1. The summed E-state index contributed by atoms with van der Waals surface area (Å²) in [6.07, 6.45) is 0. The van der Waals surface area contributed by atoms with E-state index in [1.807, 2.05) is 0 Å². The maximum absolute atomic E-state index is 13.2. The van der Waals surface area contributed by atoms with Crippen molar-refractivity contribution >= 4 is 89.9 Å². The summed E-state index contributed by atoms with van der Waals surface area (Å²) in [6, 6.07) is 7.61. The summed E-state index contributed by atoms with van der Waals surface area (Å²) >= 11 is 13.5. The molecular formula is C20H10Br4Na2O10S2. The fourth-order valence-electron chi connectivity index (χ4n) is 3.77. The average Bonchev–Trinajstić information content (AvgIpc) is 3.09. The number of aromatic hydroxyl groups is 1. The SMILES string of the molecule is O.O=C1OC(c2cccc(S(=O)(=O)[O-])c2)(c2ccc(O)c(S(=O)(=O)[O-])c2)c2c(Br)c(Br)c(Br)c(Br)c21.[Na+].[Na+]. The van der Waals surface area contributed by atoms with E-state index in [4.69, 9.17) is 4.74 Å². The van der Waals surface area contributed by atoms with E-state index < -0.39 is 47.3 Å². The van der Waals surface area contributed by atoms with Gasteiger partial charge in [-0.05, 0) is 88.0 Å². The zero-order valence-electron chi connectivity index (χ0n) is 19.1. The monoisotopic (exact) mass is 836 g/mol. The third-order valence-corrected chi connectivity index (χ3v) is 11.7. The second-order valence-corrected chi connectivity index (χ2v) is 13.1. The second-order valence-electron chi connectivity index (χ2n) is 7.20. The Bertz CT molecular complexity index is 1670. The fraction of sp³-hybridized carbons (Fsp3) is 0.0500. The molecule has 1 heterocycles. The van der Waals surface area contributed by atoms with E-state index in [1.165, 1.54) is 18.2 Å². The van der Waals surface area contributed by atoms with Gasteiger partial charge < -0.3 is 24.4 Å². The summed E-state index contributed by atoms with van der Waals surface area (Å²) in [5, 5.41) is 10.0. The minimum atomic E-state index is -5.17. The Kier molecular flexibility index (Phi) is 12.4. The molecule has 0 saturated heterocycles. The molecule has 1 atom stereocenters. The molecule has 1 aliphatic rings. The third kappa shape index (κ3) is 6.20. The standard InChI is InChI=1S/C20H10Br4O9S2.2Na.H2O/c21-15-13-14(16(22)18(24)17(15)23)20(33-19(13)26,8-2-1-3-10(6-8)34(27,28)29)9-4-5-11(25)12(7-9)35(30,31)32;;;/h1-7,25H,(H,27,28,29)(H,30,31,32);;;1H2/q;2*+1;/p-2. The van der Waals surface area contributed by atoms with Gasteiger partial charge in [-0.15, -0.1) is 0 Å². The van der Waals surface area contributed by atoms with Crippen LogP contribution < -0.4 is 59.1 Å². The molecule has 3 N–H and O–H groups in total. The minimum Gasteiger partial charge on any atom is -0.744 e. The van der Waals surface area contributed by atoms with Crippen LogP contribution in [0.2, 0.25) is 0 Å². The van der Waals surface area contributed by atoms with Crippen LogP contribution in [0.15, 0.2) is 70.1 Å². The van der Waals surface area contributed by atoms with Gasteiger partial charge in [0.2, 0.25) is 0 Å². The number of cyclic esters (lactones) is 1. The van der Waals surface area contributed by atoms with E-state index >= 15 is 0 Å². The first kappa shape index (κ1) is 36.7. The molecule has 0 spiro atoms. The largest absolute Gasteiger partial charge is 1.00 e. The van der Waals surface area contributed by atoms with Gasteiger partial charge in [-0.3, -0.25) is 0 Å². The zero-order chi connectivity index (χ0) is 26.1. The fourth-order valence-corrected chi connectivity index (χ4v) is 7.44. The number of hydrogen-bond donors (Lipinski definition) is 1. The van der Waals surface area contributed by atoms with Gasteiger partial charge in [-0.2, -0.15) is 0 Å². The Morgan fingerprint density at radius 2 is 1.34 bits per heavy atom. The van der Waals surface area contributed by atoms with E-state index in [9.17, 15) is 35.8 Å². The first-order chi connectivity index (χ1) is 16.1. The molecular weight excluding hydrogens is 830 g/mol.